The Bertz CT molecular complexity index is 679. The van der Waals surface area contributed by atoms with Crippen molar-refractivity contribution in [2.45, 2.75) is 0 Å². The smallest absolute Gasteiger partial charge is 0.343 e. The Morgan fingerprint density at radius 2 is 1.62 bits per heavy atom. The largest absolute Gasteiger partial charge is 0.493 e. The lowest BCUT2D eigenvalue weighted by atomic mass is 10.2. The molecular weight excluding hydrogens is 296 g/mol. The van der Waals surface area contributed by atoms with E-state index in [1.807, 2.05) is 0 Å². The number of carbonyl (C=O) groups excluding carboxylic acids is 1. The molecule has 6 heteroatoms. The summed E-state index contributed by atoms with van der Waals surface area (Å²) in [4.78, 5) is 22.9. The molecule has 0 saturated carbocycles. The molecule has 0 unspecified atom stereocenters. The van der Waals surface area contributed by atoms with E-state index in [2.05, 4.69) is 0 Å². The van der Waals surface area contributed by atoms with Gasteiger partial charge in [0.15, 0.2) is 11.5 Å². The van der Waals surface area contributed by atoms with E-state index < -0.39 is 11.9 Å². The number of methoxy groups -OCH3 is 1. The number of rotatable bonds is 4. The Hall–Kier alpha value is -2.53. The van der Waals surface area contributed by atoms with Crippen molar-refractivity contribution in [3.8, 4) is 11.5 Å². The van der Waals surface area contributed by atoms with Gasteiger partial charge in [0.1, 0.15) is 0 Å². The molecule has 5 nitrogen and oxygen atoms in total. The van der Waals surface area contributed by atoms with Gasteiger partial charge in [-0.25, -0.2) is 9.59 Å². The fourth-order valence-corrected chi connectivity index (χ4v) is 1.76. The first kappa shape index (κ1) is 14.9. The third-order valence-electron chi connectivity index (χ3n) is 2.69. The van der Waals surface area contributed by atoms with Gasteiger partial charge in [0.05, 0.1) is 18.2 Å². The zero-order valence-corrected chi connectivity index (χ0v) is 11.8. The predicted octanol–water partition coefficient (Wildman–Crippen LogP) is 3.27. The van der Waals surface area contributed by atoms with Crippen LogP contribution in [0.25, 0.3) is 0 Å². The minimum absolute atomic E-state index is 0.0399. The molecule has 108 valence electrons. The van der Waals surface area contributed by atoms with Crippen LogP contribution in [-0.2, 0) is 0 Å². The van der Waals surface area contributed by atoms with Crippen molar-refractivity contribution in [3.63, 3.8) is 0 Å². The summed E-state index contributed by atoms with van der Waals surface area (Å²) in [6.45, 7) is 0. The van der Waals surface area contributed by atoms with Crippen LogP contribution >= 0.6 is 11.6 Å². The van der Waals surface area contributed by atoms with Crippen molar-refractivity contribution in [3.05, 3.63) is 58.6 Å². The average molecular weight is 307 g/mol. The first-order valence-electron chi connectivity index (χ1n) is 5.90. The van der Waals surface area contributed by atoms with Crippen LogP contribution < -0.4 is 9.47 Å². The van der Waals surface area contributed by atoms with Crippen LogP contribution in [0.15, 0.2) is 42.5 Å². The summed E-state index contributed by atoms with van der Waals surface area (Å²) in [6, 6.07) is 10.2. The van der Waals surface area contributed by atoms with E-state index in [0.29, 0.717) is 10.6 Å². The van der Waals surface area contributed by atoms with Crippen LogP contribution in [0.4, 0.5) is 0 Å². The molecule has 2 aromatic rings. The lowest BCUT2D eigenvalue weighted by molar-refractivity contribution is 0.0696. The molecule has 0 saturated heterocycles. The predicted molar refractivity (Wildman–Crippen MR) is 76.4 cm³/mol. The Morgan fingerprint density at radius 1 is 1.00 bits per heavy atom. The quantitative estimate of drug-likeness (QED) is 0.693. The molecule has 0 aliphatic rings. The van der Waals surface area contributed by atoms with Crippen LogP contribution in [-0.4, -0.2) is 24.2 Å². The summed E-state index contributed by atoms with van der Waals surface area (Å²) in [5, 5.41) is 9.41. The first-order valence-corrected chi connectivity index (χ1v) is 6.28. The topological polar surface area (TPSA) is 72.8 Å². The summed E-state index contributed by atoms with van der Waals surface area (Å²) >= 11 is 5.74. The highest BCUT2D eigenvalue weighted by atomic mass is 35.5. The summed E-state index contributed by atoms with van der Waals surface area (Å²) < 4.78 is 10.2. The SMILES string of the molecule is COc1cc(C(=O)O)ccc1OC(=O)c1ccc(Cl)cc1. The third kappa shape index (κ3) is 3.52. The Kier molecular flexibility index (Phi) is 4.45. The molecular formula is C15H11ClO5. The monoisotopic (exact) mass is 306 g/mol. The van der Waals surface area contributed by atoms with Gasteiger partial charge in [-0.2, -0.15) is 0 Å². The summed E-state index contributed by atoms with van der Waals surface area (Å²) in [6.07, 6.45) is 0. The standard InChI is InChI=1S/C15H11ClO5/c1-20-13-8-10(14(17)18)4-7-12(13)21-15(19)9-2-5-11(16)6-3-9/h2-8H,1H3,(H,17,18). The fraction of sp³-hybridized carbons (Fsp3) is 0.0667. The zero-order chi connectivity index (χ0) is 15.4. The number of esters is 1. The van der Waals surface area contributed by atoms with Gasteiger partial charge >= 0.3 is 11.9 Å². The van der Waals surface area contributed by atoms with Gasteiger partial charge in [-0.15, -0.1) is 0 Å². The molecule has 0 atom stereocenters. The van der Waals surface area contributed by atoms with Crippen molar-refractivity contribution in [1.29, 1.82) is 0 Å². The highest BCUT2D eigenvalue weighted by molar-refractivity contribution is 6.30. The molecule has 0 amide bonds. The van der Waals surface area contributed by atoms with Crippen molar-refractivity contribution in [2.75, 3.05) is 7.11 Å². The second-order valence-corrected chi connectivity index (χ2v) is 4.50. The molecule has 1 N–H and O–H groups in total. The van der Waals surface area contributed by atoms with E-state index in [-0.39, 0.29) is 17.1 Å². The van der Waals surface area contributed by atoms with Crippen LogP contribution in [0.2, 0.25) is 5.02 Å². The average Bonchev–Trinajstić information content (AvgIpc) is 2.48. The summed E-state index contributed by atoms with van der Waals surface area (Å²) in [5.74, 6) is -1.38. The van der Waals surface area contributed by atoms with Gasteiger partial charge in [-0.05, 0) is 42.5 Å². The molecule has 2 aromatic carbocycles. The number of carbonyl (C=O) groups is 2. The highest BCUT2D eigenvalue weighted by Gasteiger charge is 2.14. The van der Waals surface area contributed by atoms with Crippen LogP contribution in [0, 0.1) is 0 Å². The first-order chi connectivity index (χ1) is 10.0. The molecule has 21 heavy (non-hydrogen) atoms. The third-order valence-corrected chi connectivity index (χ3v) is 2.95. The maximum absolute atomic E-state index is 12.0. The van der Waals surface area contributed by atoms with Gasteiger partial charge < -0.3 is 14.6 Å². The molecule has 0 bridgehead atoms. The van der Waals surface area contributed by atoms with Gasteiger partial charge in [0, 0.05) is 5.02 Å². The number of carboxylic acids is 1. The zero-order valence-electron chi connectivity index (χ0n) is 11.0. The van der Waals surface area contributed by atoms with E-state index in [1.54, 1.807) is 12.1 Å². The second-order valence-electron chi connectivity index (χ2n) is 4.07. The number of hydrogen-bond donors (Lipinski definition) is 1. The van der Waals surface area contributed by atoms with Crippen molar-refractivity contribution >= 4 is 23.5 Å². The molecule has 0 spiro atoms. The summed E-state index contributed by atoms with van der Waals surface area (Å²) in [5.41, 5.74) is 0.363. The molecule has 2 rings (SSSR count). The second kappa shape index (κ2) is 6.28. The number of ether oxygens (including phenoxy) is 2. The molecule has 0 aliphatic carbocycles. The van der Waals surface area contributed by atoms with Crippen LogP contribution in [0.3, 0.4) is 0 Å². The number of hydrogen-bond acceptors (Lipinski definition) is 4. The maximum Gasteiger partial charge on any atom is 0.343 e. The fourth-order valence-electron chi connectivity index (χ4n) is 1.63. The lowest BCUT2D eigenvalue weighted by Crippen LogP contribution is -2.09. The lowest BCUT2D eigenvalue weighted by Gasteiger charge is -2.10. The Morgan fingerprint density at radius 3 is 2.19 bits per heavy atom. The normalized spacial score (nSPS) is 10.0. The maximum atomic E-state index is 12.0. The number of aromatic carboxylic acids is 1. The Balaban J connectivity index is 2.24. The van der Waals surface area contributed by atoms with Gasteiger partial charge in [-0.3, -0.25) is 0 Å². The van der Waals surface area contributed by atoms with E-state index >= 15 is 0 Å². The van der Waals surface area contributed by atoms with Gasteiger partial charge in [-0.1, -0.05) is 11.6 Å². The summed E-state index contributed by atoms with van der Waals surface area (Å²) in [7, 11) is 1.36. The molecule has 0 aromatic heterocycles. The molecule has 0 aliphatic heterocycles. The van der Waals surface area contributed by atoms with Gasteiger partial charge in [0.2, 0.25) is 0 Å². The molecule has 0 heterocycles. The highest BCUT2D eigenvalue weighted by Crippen LogP contribution is 2.29. The molecule has 0 fully saturated rings. The Labute approximate surface area is 125 Å². The number of carboxylic acid groups (broad SMARTS) is 1. The van der Waals surface area contributed by atoms with Crippen molar-refractivity contribution < 1.29 is 24.2 Å². The van der Waals surface area contributed by atoms with Crippen molar-refractivity contribution in [2.24, 2.45) is 0 Å². The van der Waals surface area contributed by atoms with E-state index in [1.165, 1.54) is 37.4 Å². The van der Waals surface area contributed by atoms with Crippen LogP contribution in [0.1, 0.15) is 20.7 Å². The number of halogens is 1. The van der Waals surface area contributed by atoms with Crippen molar-refractivity contribution in [1.82, 2.24) is 0 Å². The molecule has 0 radical (unpaired) electrons. The van der Waals surface area contributed by atoms with Gasteiger partial charge in [0.25, 0.3) is 0 Å². The number of benzene rings is 2. The minimum atomic E-state index is -1.09. The minimum Gasteiger partial charge on any atom is -0.493 e. The van der Waals surface area contributed by atoms with E-state index in [9.17, 15) is 9.59 Å². The van der Waals surface area contributed by atoms with Crippen LogP contribution in [0.5, 0.6) is 11.5 Å². The van der Waals surface area contributed by atoms with E-state index in [0.717, 1.165) is 0 Å². The van der Waals surface area contributed by atoms with E-state index in [4.69, 9.17) is 26.2 Å².